The highest BCUT2D eigenvalue weighted by Crippen LogP contribution is 2.31. The monoisotopic (exact) mass is 303 g/mol. The summed E-state index contributed by atoms with van der Waals surface area (Å²) in [5.41, 5.74) is 9.59. The molecule has 0 saturated carbocycles. The Morgan fingerprint density at radius 2 is 1.90 bits per heavy atom. The molecule has 1 aliphatic carbocycles. The normalized spacial score (nSPS) is 25.5. The highest BCUT2D eigenvalue weighted by Gasteiger charge is 2.26. The second-order valence-electron chi connectivity index (χ2n) is 6.89. The molecule has 0 spiro atoms. The predicted octanol–water partition coefficient (Wildman–Crippen LogP) is 3.08. The summed E-state index contributed by atoms with van der Waals surface area (Å²) >= 11 is 5.29. The van der Waals surface area contributed by atoms with Crippen molar-refractivity contribution in [2.45, 2.75) is 46.0 Å². The van der Waals surface area contributed by atoms with E-state index in [0.717, 1.165) is 37.3 Å². The van der Waals surface area contributed by atoms with Crippen molar-refractivity contribution >= 4 is 23.0 Å². The van der Waals surface area contributed by atoms with Crippen molar-refractivity contribution in [3.63, 3.8) is 0 Å². The second-order valence-corrected chi connectivity index (χ2v) is 7.33. The maximum absolute atomic E-state index is 5.99. The van der Waals surface area contributed by atoms with Gasteiger partial charge in [0, 0.05) is 18.8 Å². The number of aryl methyl sites for hydroxylation is 2. The molecule has 1 aromatic rings. The molecule has 2 aliphatic rings. The maximum Gasteiger partial charge on any atom is 0.139 e. The Hall–Kier alpha value is -1.16. The number of pyridine rings is 1. The molecule has 3 rings (SSSR count). The van der Waals surface area contributed by atoms with Crippen molar-refractivity contribution in [3.05, 3.63) is 22.9 Å². The van der Waals surface area contributed by atoms with Gasteiger partial charge in [0.1, 0.15) is 10.8 Å². The van der Waals surface area contributed by atoms with Crippen LogP contribution in [-0.2, 0) is 12.8 Å². The van der Waals surface area contributed by atoms with Crippen LogP contribution in [0.15, 0.2) is 6.07 Å². The van der Waals surface area contributed by atoms with Crippen molar-refractivity contribution in [2.24, 2.45) is 17.6 Å². The maximum atomic E-state index is 5.99. The summed E-state index contributed by atoms with van der Waals surface area (Å²) in [5, 5.41) is 0. The molecule has 1 aliphatic heterocycles. The lowest BCUT2D eigenvalue weighted by Crippen LogP contribution is -2.40. The van der Waals surface area contributed by atoms with Crippen molar-refractivity contribution in [3.8, 4) is 0 Å². The largest absolute Gasteiger partial charge is 0.389 e. The first-order valence-corrected chi connectivity index (χ1v) is 8.53. The third-order valence-electron chi connectivity index (χ3n) is 4.71. The third kappa shape index (κ3) is 3.05. The summed E-state index contributed by atoms with van der Waals surface area (Å²) in [4.78, 5) is 7.87. The lowest BCUT2D eigenvalue weighted by atomic mass is 9.91. The van der Waals surface area contributed by atoms with E-state index in [9.17, 15) is 0 Å². The summed E-state index contributed by atoms with van der Waals surface area (Å²) < 4.78 is 0. The zero-order chi connectivity index (χ0) is 15.0. The molecule has 1 fully saturated rings. The Kier molecular flexibility index (Phi) is 4.16. The number of hydrogen-bond donors (Lipinski definition) is 1. The van der Waals surface area contributed by atoms with Crippen LogP contribution < -0.4 is 10.6 Å². The number of thiocarbonyl (C=S) groups is 1. The van der Waals surface area contributed by atoms with Gasteiger partial charge in [0.15, 0.2) is 0 Å². The van der Waals surface area contributed by atoms with Gasteiger partial charge >= 0.3 is 0 Å². The molecular weight excluding hydrogens is 278 g/mol. The minimum atomic E-state index is 0.483. The van der Waals surface area contributed by atoms with Gasteiger partial charge in [0.05, 0.1) is 5.56 Å². The quantitative estimate of drug-likeness (QED) is 0.853. The van der Waals surface area contributed by atoms with Gasteiger partial charge in [-0.2, -0.15) is 0 Å². The average Bonchev–Trinajstić information content (AvgIpc) is 2.44. The molecule has 114 valence electrons. The summed E-state index contributed by atoms with van der Waals surface area (Å²) in [6.45, 7) is 6.76. The summed E-state index contributed by atoms with van der Waals surface area (Å²) in [5.74, 6) is 2.43. The predicted molar refractivity (Wildman–Crippen MR) is 91.9 cm³/mol. The van der Waals surface area contributed by atoms with Crippen molar-refractivity contribution in [1.82, 2.24) is 4.98 Å². The number of hydrogen-bond acceptors (Lipinski definition) is 3. The van der Waals surface area contributed by atoms with Gasteiger partial charge < -0.3 is 10.6 Å². The Bertz CT molecular complexity index is 545. The molecule has 0 aromatic carbocycles. The highest BCUT2D eigenvalue weighted by atomic mass is 32.1. The van der Waals surface area contributed by atoms with E-state index in [1.807, 2.05) is 0 Å². The van der Waals surface area contributed by atoms with Gasteiger partial charge in [-0.25, -0.2) is 4.98 Å². The molecule has 0 radical (unpaired) electrons. The molecule has 2 unspecified atom stereocenters. The lowest BCUT2D eigenvalue weighted by Gasteiger charge is -2.37. The zero-order valence-electron chi connectivity index (χ0n) is 13.1. The number of rotatable bonds is 2. The third-order valence-corrected chi connectivity index (χ3v) is 4.93. The zero-order valence-corrected chi connectivity index (χ0v) is 13.9. The number of nitrogens with zero attached hydrogens (tertiary/aromatic N) is 2. The van der Waals surface area contributed by atoms with Crippen LogP contribution in [0.3, 0.4) is 0 Å². The number of fused-ring (bicyclic) bond motifs is 1. The van der Waals surface area contributed by atoms with Crippen molar-refractivity contribution in [1.29, 1.82) is 0 Å². The SMILES string of the molecule is CC1CC(C)CN(c2nc3c(cc2C(N)=S)CCCC3)C1. The van der Waals surface area contributed by atoms with Crippen LogP contribution in [-0.4, -0.2) is 23.1 Å². The van der Waals surface area contributed by atoms with Crippen LogP contribution >= 0.6 is 12.2 Å². The smallest absolute Gasteiger partial charge is 0.139 e. The molecule has 2 N–H and O–H groups in total. The van der Waals surface area contributed by atoms with E-state index in [-0.39, 0.29) is 0 Å². The van der Waals surface area contributed by atoms with Crippen LogP contribution in [0.1, 0.15) is 49.9 Å². The Morgan fingerprint density at radius 3 is 2.57 bits per heavy atom. The molecular formula is C17H25N3S. The first-order chi connectivity index (χ1) is 10.0. The minimum absolute atomic E-state index is 0.483. The Labute approximate surface area is 132 Å². The lowest BCUT2D eigenvalue weighted by molar-refractivity contribution is 0.355. The van der Waals surface area contributed by atoms with E-state index in [1.54, 1.807) is 0 Å². The fourth-order valence-corrected chi connectivity index (χ4v) is 4.03. The summed E-state index contributed by atoms with van der Waals surface area (Å²) in [6, 6.07) is 2.21. The first-order valence-electron chi connectivity index (χ1n) is 8.12. The van der Waals surface area contributed by atoms with Crippen LogP contribution in [0.5, 0.6) is 0 Å². The van der Waals surface area contributed by atoms with E-state index < -0.39 is 0 Å². The Morgan fingerprint density at radius 1 is 1.24 bits per heavy atom. The van der Waals surface area contributed by atoms with E-state index in [4.69, 9.17) is 22.9 Å². The van der Waals surface area contributed by atoms with Gasteiger partial charge in [-0.15, -0.1) is 0 Å². The van der Waals surface area contributed by atoms with Gasteiger partial charge in [-0.05, 0) is 55.6 Å². The van der Waals surface area contributed by atoms with Crippen LogP contribution in [0.4, 0.5) is 5.82 Å². The molecule has 1 saturated heterocycles. The van der Waals surface area contributed by atoms with E-state index in [2.05, 4.69) is 24.8 Å². The van der Waals surface area contributed by atoms with Gasteiger partial charge in [0.25, 0.3) is 0 Å². The fourth-order valence-electron chi connectivity index (χ4n) is 3.88. The first kappa shape index (κ1) is 14.8. The van der Waals surface area contributed by atoms with E-state index >= 15 is 0 Å². The number of aromatic nitrogens is 1. The Balaban J connectivity index is 2.01. The van der Waals surface area contributed by atoms with Crippen molar-refractivity contribution in [2.75, 3.05) is 18.0 Å². The average molecular weight is 303 g/mol. The van der Waals surface area contributed by atoms with Crippen LogP contribution in [0.25, 0.3) is 0 Å². The molecule has 2 atom stereocenters. The second kappa shape index (κ2) is 5.91. The minimum Gasteiger partial charge on any atom is -0.389 e. The summed E-state index contributed by atoms with van der Waals surface area (Å²) in [6.07, 6.45) is 6.01. The van der Waals surface area contributed by atoms with Gasteiger partial charge in [-0.1, -0.05) is 26.1 Å². The van der Waals surface area contributed by atoms with E-state index in [0.29, 0.717) is 16.8 Å². The molecule has 3 nitrogen and oxygen atoms in total. The molecule has 0 amide bonds. The molecule has 2 heterocycles. The summed E-state index contributed by atoms with van der Waals surface area (Å²) in [7, 11) is 0. The number of nitrogens with two attached hydrogens (primary N) is 1. The van der Waals surface area contributed by atoms with E-state index in [1.165, 1.54) is 30.5 Å². The molecule has 21 heavy (non-hydrogen) atoms. The van der Waals surface area contributed by atoms with Crippen molar-refractivity contribution < 1.29 is 0 Å². The standard InChI is InChI=1S/C17H25N3S/c1-11-7-12(2)10-20(9-11)17-14(16(18)21)8-13-5-3-4-6-15(13)19-17/h8,11-12H,3-7,9-10H2,1-2H3,(H2,18,21). The van der Waals surface area contributed by atoms with Gasteiger partial charge in [-0.3, -0.25) is 0 Å². The van der Waals surface area contributed by atoms with Crippen LogP contribution in [0.2, 0.25) is 0 Å². The molecule has 4 heteroatoms. The number of piperidine rings is 1. The number of anilines is 1. The molecule has 1 aromatic heterocycles. The van der Waals surface area contributed by atoms with Crippen LogP contribution in [0, 0.1) is 11.8 Å². The topological polar surface area (TPSA) is 42.2 Å². The van der Waals surface area contributed by atoms with Gasteiger partial charge in [0.2, 0.25) is 0 Å². The molecule has 0 bridgehead atoms. The highest BCUT2D eigenvalue weighted by molar-refractivity contribution is 7.80. The fraction of sp³-hybridized carbons (Fsp3) is 0.647.